The summed E-state index contributed by atoms with van der Waals surface area (Å²) >= 11 is 0. The molecule has 0 radical (unpaired) electrons. The Kier molecular flexibility index (Phi) is 3.76. The Morgan fingerprint density at radius 2 is 2.10 bits per heavy atom. The molecule has 1 aliphatic rings. The van der Waals surface area contributed by atoms with E-state index in [0.717, 1.165) is 5.56 Å². The fourth-order valence-corrected chi connectivity index (χ4v) is 1.92. The molecule has 0 bridgehead atoms. The summed E-state index contributed by atoms with van der Waals surface area (Å²) in [6, 6.07) is 3.09. The minimum Gasteiger partial charge on any atom is -0.397 e. The molecule has 0 saturated heterocycles. The van der Waals surface area contributed by atoms with Gasteiger partial charge in [-0.1, -0.05) is 0 Å². The summed E-state index contributed by atoms with van der Waals surface area (Å²) in [6.07, 6.45) is -6.32. The van der Waals surface area contributed by atoms with Crippen LogP contribution in [0.4, 0.5) is 30.2 Å². The van der Waals surface area contributed by atoms with Gasteiger partial charge in [0.05, 0.1) is 11.4 Å². The van der Waals surface area contributed by atoms with E-state index in [4.69, 9.17) is 10.8 Å². The molecule has 0 saturated carbocycles. The van der Waals surface area contributed by atoms with Gasteiger partial charge >= 0.3 is 6.18 Å². The standard InChI is InChI=1S/C12H14F3N3O2/c13-12(14,15)10(19)5-17-9-3-6-1-2-11(20)18-8(6)4-7(9)16/h3-4,10,17,19H,1-2,5,16H2,(H,18,20). The highest BCUT2D eigenvalue weighted by atomic mass is 19.4. The highest BCUT2D eigenvalue weighted by molar-refractivity contribution is 5.95. The first kappa shape index (κ1) is 14.4. The van der Waals surface area contributed by atoms with Crippen LogP contribution in [-0.2, 0) is 11.2 Å². The lowest BCUT2D eigenvalue weighted by Gasteiger charge is -2.21. The van der Waals surface area contributed by atoms with Crippen molar-refractivity contribution in [2.45, 2.75) is 25.1 Å². The Hall–Kier alpha value is -1.96. The smallest absolute Gasteiger partial charge is 0.397 e. The summed E-state index contributed by atoms with van der Waals surface area (Å²) < 4.78 is 36.6. The zero-order chi connectivity index (χ0) is 14.9. The predicted octanol–water partition coefficient (Wildman–Crippen LogP) is 1.49. The quantitative estimate of drug-likeness (QED) is 0.635. The van der Waals surface area contributed by atoms with Crippen LogP contribution in [0, 0.1) is 0 Å². The second-order valence-electron chi connectivity index (χ2n) is 4.58. The number of aryl methyl sites for hydroxylation is 1. The molecule has 20 heavy (non-hydrogen) atoms. The number of hydrogen-bond acceptors (Lipinski definition) is 4. The summed E-state index contributed by atoms with van der Waals surface area (Å²) in [5.41, 5.74) is 7.59. The third-order valence-electron chi connectivity index (χ3n) is 3.03. The lowest BCUT2D eigenvalue weighted by molar-refractivity contribution is -0.198. The van der Waals surface area contributed by atoms with Crippen molar-refractivity contribution in [1.29, 1.82) is 0 Å². The number of carbonyl (C=O) groups is 1. The van der Waals surface area contributed by atoms with Crippen LogP contribution in [0.3, 0.4) is 0 Å². The van der Waals surface area contributed by atoms with Gasteiger partial charge in [-0.25, -0.2) is 0 Å². The minimum absolute atomic E-state index is 0.120. The number of nitrogen functional groups attached to an aromatic ring is 1. The molecule has 1 unspecified atom stereocenters. The molecule has 1 amide bonds. The highest BCUT2D eigenvalue weighted by Gasteiger charge is 2.37. The molecule has 0 aliphatic carbocycles. The van der Waals surface area contributed by atoms with E-state index in [9.17, 15) is 18.0 Å². The Labute approximate surface area is 113 Å². The normalized spacial score (nSPS) is 16.3. The molecular weight excluding hydrogens is 275 g/mol. The van der Waals surface area contributed by atoms with Crippen molar-refractivity contribution in [2.75, 3.05) is 22.9 Å². The molecule has 5 N–H and O–H groups in total. The van der Waals surface area contributed by atoms with Crippen LogP contribution in [0.5, 0.6) is 0 Å². The van der Waals surface area contributed by atoms with Crippen LogP contribution >= 0.6 is 0 Å². The third-order valence-corrected chi connectivity index (χ3v) is 3.03. The molecule has 2 rings (SSSR count). The van der Waals surface area contributed by atoms with Gasteiger partial charge in [0, 0.05) is 18.7 Å². The van der Waals surface area contributed by atoms with Crippen molar-refractivity contribution < 1.29 is 23.1 Å². The molecule has 110 valence electrons. The number of nitrogens with one attached hydrogen (secondary N) is 2. The van der Waals surface area contributed by atoms with E-state index in [1.165, 1.54) is 6.07 Å². The number of anilines is 3. The van der Waals surface area contributed by atoms with E-state index in [1.807, 2.05) is 0 Å². The number of aliphatic hydroxyl groups excluding tert-OH is 1. The number of hydrogen-bond donors (Lipinski definition) is 4. The average Bonchev–Trinajstić information content (AvgIpc) is 2.34. The molecule has 5 nitrogen and oxygen atoms in total. The van der Waals surface area contributed by atoms with Crippen LogP contribution in [0.15, 0.2) is 12.1 Å². The van der Waals surface area contributed by atoms with Crippen LogP contribution in [0.25, 0.3) is 0 Å². The van der Waals surface area contributed by atoms with Gasteiger partial charge in [0.25, 0.3) is 0 Å². The zero-order valence-electron chi connectivity index (χ0n) is 10.4. The predicted molar refractivity (Wildman–Crippen MR) is 68.4 cm³/mol. The number of aliphatic hydroxyl groups is 1. The number of alkyl halides is 3. The number of rotatable bonds is 3. The summed E-state index contributed by atoms with van der Waals surface area (Å²) in [6.45, 7) is -0.682. The van der Waals surface area contributed by atoms with E-state index in [0.29, 0.717) is 24.2 Å². The average molecular weight is 289 g/mol. The molecule has 0 aromatic heterocycles. The molecule has 8 heteroatoms. The van der Waals surface area contributed by atoms with E-state index in [1.54, 1.807) is 6.07 Å². The molecular formula is C12H14F3N3O2. The van der Waals surface area contributed by atoms with Crippen LogP contribution in [0.1, 0.15) is 12.0 Å². The number of halogens is 3. The fraction of sp³-hybridized carbons (Fsp3) is 0.417. The number of amides is 1. The van der Waals surface area contributed by atoms with Crippen molar-refractivity contribution >= 4 is 23.0 Å². The van der Waals surface area contributed by atoms with Crippen molar-refractivity contribution in [1.82, 2.24) is 0 Å². The van der Waals surface area contributed by atoms with Crippen molar-refractivity contribution in [3.05, 3.63) is 17.7 Å². The lowest BCUT2D eigenvalue weighted by atomic mass is 10.0. The monoisotopic (exact) mass is 289 g/mol. The van der Waals surface area contributed by atoms with Crippen LogP contribution in [-0.4, -0.2) is 29.8 Å². The Morgan fingerprint density at radius 1 is 1.40 bits per heavy atom. The summed E-state index contributed by atoms with van der Waals surface area (Å²) in [5, 5.41) is 14.0. The third kappa shape index (κ3) is 3.13. The number of fused-ring (bicyclic) bond motifs is 1. The SMILES string of the molecule is Nc1cc2c(cc1NCC(O)C(F)(F)F)CCC(=O)N2. The van der Waals surface area contributed by atoms with Gasteiger partial charge in [-0.05, 0) is 24.1 Å². The maximum absolute atomic E-state index is 12.2. The topological polar surface area (TPSA) is 87.4 Å². The second-order valence-corrected chi connectivity index (χ2v) is 4.58. The van der Waals surface area contributed by atoms with Crippen molar-refractivity contribution in [2.24, 2.45) is 0 Å². The first-order valence-corrected chi connectivity index (χ1v) is 5.98. The van der Waals surface area contributed by atoms with Crippen LogP contribution in [0.2, 0.25) is 0 Å². The second kappa shape index (κ2) is 5.20. The van der Waals surface area contributed by atoms with E-state index in [2.05, 4.69) is 10.6 Å². The van der Waals surface area contributed by atoms with Gasteiger partial charge in [-0.3, -0.25) is 4.79 Å². The van der Waals surface area contributed by atoms with Crippen molar-refractivity contribution in [3.63, 3.8) is 0 Å². The summed E-state index contributed by atoms with van der Waals surface area (Å²) in [4.78, 5) is 11.2. The maximum atomic E-state index is 12.2. The number of carbonyl (C=O) groups excluding carboxylic acids is 1. The van der Waals surface area contributed by atoms with Gasteiger partial charge in [0.15, 0.2) is 6.10 Å². The molecule has 0 fully saturated rings. The lowest BCUT2D eigenvalue weighted by Crippen LogP contribution is -2.35. The maximum Gasteiger partial charge on any atom is 0.416 e. The van der Waals surface area contributed by atoms with Gasteiger partial charge in [-0.15, -0.1) is 0 Å². The van der Waals surface area contributed by atoms with Crippen molar-refractivity contribution in [3.8, 4) is 0 Å². The Morgan fingerprint density at radius 3 is 2.75 bits per heavy atom. The molecule has 1 heterocycles. The Bertz CT molecular complexity index is 531. The van der Waals surface area contributed by atoms with E-state index < -0.39 is 18.8 Å². The molecule has 1 aliphatic heterocycles. The van der Waals surface area contributed by atoms with Gasteiger partial charge in [-0.2, -0.15) is 13.2 Å². The largest absolute Gasteiger partial charge is 0.416 e. The summed E-state index contributed by atoms with van der Waals surface area (Å²) in [7, 11) is 0. The number of benzene rings is 1. The van der Waals surface area contributed by atoms with Gasteiger partial charge in [0.1, 0.15) is 0 Å². The molecule has 1 aromatic carbocycles. The molecule has 1 atom stereocenters. The zero-order valence-corrected chi connectivity index (χ0v) is 10.4. The first-order valence-electron chi connectivity index (χ1n) is 5.98. The van der Waals surface area contributed by atoms with E-state index >= 15 is 0 Å². The van der Waals surface area contributed by atoms with Gasteiger partial charge in [0.2, 0.25) is 5.91 Å². The highest BCUT2D eigenvalue weighted by Crippen LogP contribution is 2.31. The van der Waals surface area contributed by atoms with Crippen LogP contribution < -0.4 is 16.4 Å². The Balaban J connectivity index is 2.12. The molecule has 1 aromatic rings. The fourth-order valence-electron chi connectivity index (χ4n) is 1.92. The molecule has 0 spiro atoms. The number of nitrogens with two attached hydrogens (primary N) is 1. The first-order chi connectivity index (χ1) is 9.27. The minimum atomic E-state index is -4.68. The summed E-state index contributed by atoms with van der Waals surface area (Å²) in [5.74, 6) is -0.120. The van der Waals surface area contributed by atoms with E-state index in [-0.39, 0.29) is 11.6 Å². The van der Waals surface area contributed by atoms with Gasteiger partial charge < -0.3 is 21.5 Å².